The van der Waals surface area contributed by atoms with Crippen molar-refractivity contribution >= 4 is 43.2 Å². The van der Waals surface area contributed by atoms with Crippen LogP contribution in [0.4, 0.5) is 5.69 Å². The molecule has 0 aliphatic carbocycles. The van der Waals surface area contributed by atoms with Gasteiger partial charge in [0.1, 0.15) is 0 Å². The van der Waals surface area contributed by atoms with Crippen molar-refractivity contribution in [2.45, 2.75) is 31.3 Å². The highest BCUT2D eigenvalue weighted by molar-refractivity contribution is 7.89. The number of rotatable bonds is 7. The van der Waals surface area contributed by atoms with E-state index in [1.807, 2.05) is 0 Å². The van der Waals surface area contributed by atoms with E-state index < -0.39 is 20.9 Å². The average molecular weight is 475 g/mol. The third kappa shape index (κ3) is 4.54. The van der Waals surface area contributed by atoms with Gasteiger partial charge in [0.15, 0.2) is 4.80 Å². The van der Waals surface area contributed by atoms with E-state index in [0.29, 0.717) is 16.9 Å². The number of carbonyl (C=O) groups is 1. The lowest BCUT2D eigenvalue weighted by Crippen LogP contribution is -2.33. The number of allylic oxidation sites excluding steroid dienone is 1. The third-order valence-corrected chi connectivity index (χ3v) is 8.00. The molecule has 9 nitrogen and oxygen atoms in total. The summed E-state index contributed by atoms with van der Waals surface area (Å²) in [6.07, 6.45) is 1.61. The topological polar surface area (TPSA) is 115 Å². The molecule has 168 valence electrons. The van der Waals surface area contributed by atoms with E-state index in [2.05, 4.69) is 11.6 Å². The molecule has 0 unspecified atom stereocenters. The number of benzene rings is 2. The van der Waals surface area contributed by atoms with Crippen LogP contribution in [0.3, 0.4) is 0 Å². The minimum Gasteiger partial charge on any atom is -0.312 e. The molecule has 1 aromatic heterocycles. The monoisotopic (exact) mass is 474 g/mol. The Labute approximate surface area is 189 Å². The molecule has 1 amide bonds. The molecule has 3 aromatic rings. The summed E-state index contributed by atoms with van der Waals surface area (Å²) in [6, 6.07) is 9.84. The number of nitro groups is 1. The Morgan fingerprint density at radius 3 is 2.50 bits per heavy atom. The fourth-order valence-corrected chi connectivity index (χ4v) is 5.31. The molecule has 0 radical (unpaired) electrons. The van der Waals surface area contributed by atoms with Crippen molar-refractivity contribution in [3.8, 4) is 0 Å². The number of thiazole rings is 1. The fourth-order valence-electron chi connectivity index (χ4n) is 2.93. The van der Waals surface area contributed by atoms with E-state index >= 15 is 0 Å². The number of hydrogen-bond acceptors (Lipinski definition) is 6. The van der Waals surface area contributed by atoms with Gasteiger partial charge in [-0.05, 0) is 44.2 Å². The lowest BCUT2D eigenvalue weighted by molar-refractivity contribution is -0.384. The number of carbonyl (C=O) groups excluding carboxylic acids is 1. The van der Waals surface area contributed by atoms with E-state index in [0.717, 1.165) is 4.70 Å². The van der Waals surface area contributed by atoms with Crippen molar-refractivity contribution in [1.82, 2.24) is 8.87 Å². The number of nitrogens with zero attached hydrogens (tertiary/aromatic N) is 4. The lowest BCUT2D eigenvalue weighted by Gasteiger charge is -2.20. The van der Waals surface area contributed by atoms with E-state index in [1.165, 1.54) is 59.1 Å². The zero-order chi connectivity index (χ0) is 23.6. The van der Waals surface area contributed by atoms with Gasteiger partial charge in [-0.1, -0.05) is 17.4 Å². The van der Waals surface area contributed by atoms with Crippen LogP contribution in [-0.4, -0.2) is 41.2 Å². The second kappa shape index (κ2) is 9.15. The van der Waals surface area contributed by atoms with Crippen molar-refractivity contribution in [3.05, 3.63) is 75.6 Å². The summed E-state index contributed by atoms with van der Waals surface area (Å²) in [5, 5.41) is 11.1. The Kier molecular flexibility index (Phi) is 6.72. The van der Waals surface area contributed by atoms with Gasteiger partial charge in [0.2, 0.25) is 10.0 Å². The molecule has 2 aromatic carbocycles. The summed E-state index contributed by atoms with van der Waals surface area (Å²) in [5.41, 5.74) is 0.743. The number of hydrogen-bond donors (Lipinski definition) is 0. The Hall–Kier alpha value is -3.15. The van der Waals surface area contributed by atoms with E-state index in [9.17, 15) is 23.3 Å². The summed E-state index contributed by atoms with van der Waals surface area (Å²) >= 11 is 1.22. The van der Waals surface area contributed by atoms with Gasteiger partial charge in [-0.3, -0.25) is 14.9 Å². The van der Waals surface area contributed by atoms with Crippen LogP contribution in [0.5, 0.6) is 0 Å². The molecule has 0 atom stereocenters. The molecule has 3 rings (SSSR count). The zero-order valence-electron chi connectivity index (χ0n) is 17.8. The number of nitro benzene ring substituents is 1. The molecule has 0 saturated heterocycles. The maximum absolute atomic E-state index is 12.8. The minimum atomic E-state index is -3.66. The van der Waals surface area contributed by atoms with Crippen LogP contribution in [0, 0.1) is 10.1 Å². The molecule has 11 heteroatoms. The van der Waals surface area contributed by atoms with Crippen molar-refractivity contribution in [3.63, 3.8) is 0 Å². The Balaban J connectivity index is 2.02. The van der Waals surface area contributed by atoms with Crippen LogP contribution in [-0.2, 0) is 16.6 Å². The quantitative estimate of drug-likeness (QED) is 0.295. The van der Waals surface area contributed by atoms with Crippen molar-refractivity contribution in [2.75, 3.05) is 7.05 Å². The van der Waals surface area contributed by atoms with Gasteiger partial charge in [0.25, 0.3) is 11.6 Å². The second-order valence-electron chi connectivity index (χ2n) is 7.25. The Bertz CT molecular complexity index is 1370. The first-order valence-electron chi connectivity index (χ1n) is 9.62. The Morgan fingerprint density at radius 2 is 1.94 bits per heavy atom. The van der Waals surface area contributed by atoms with Gasteiger partial charge in [-0.2, -0.15) is 9.30 Å². The molecule has 0 N–H and O–H groups in total. The number of sulfonamides is 1. The molecular weight excluding hydrogens is 452 g/mol. The van der Waals surface area contributed by atoms with Gasteiger partial charge in [0, 0.05) is 37.3 Å². The standard InChI is InChI=1S/C21H22N4O5S2/c1-5-12-24-18-13-16(25(27)28)8-11-19(18)31-21(24)22-20(26)15-6-9-17(10-7-15)32(29,30)23(4)14(2)3/h5-11,13-14H,1,12H2,2-4H3. The summed E-state index contributed by atoms with van der Waals surface area (Å²) < 4.78 is 28.9. The van der Waals surface area contributed by atoms with Crippen LogP contribution in [0.1, 0.15) is 24.2 Å². The second-order valence-corrected chi connectivity index (χ2v) is 10.3. The first kappa shape index (κ1) is 23.5. The third-order valence-electron chi connectivity index (χ3n) is 4.89. The van der Waals surface area contributed by atoms with Crippen LogP contribution >= 0.6 is 11.3 Å². The summed E-state index contributed by atoms with van der Waals surface area (Å²) in [6.45, 7) is 7.55. The highest BCUT2D eigenvalue weighted by atomic mass is 32.2. The maximum atomic E-state index is 12.8. The van der Waals surface area contributed by atoms with Gasteiger partial charge >= 0.3 is 0 Å². The summed E-state index contributed by atoms with van der Waals surface area (Å²) in [4.78, 5) is 28.0. The van der Waals surface area contributed by atoms with E-state index in [-0.39, 0.29) is 22.2 Å². The molecule has 32 heavy (non-hydrogen) atoms. The highest BCUT2D eigenvalue weighted by Crippen LogP contribution is 2.23. The van der Waals surface area contributed by atoms with E-state index in [4.69, 9.17) is 0 Å². The summed E-state index contributed by atoms with van der Waals surface area (Å²) in [7, 11) is -2.16. The molecule has 0 spiro atoms. The first-order chi connectivity index (χ1) is 15.1. The normalized spacial score (nSPS) is 12.6. The summed E-state index contributed by atoms with van der Waals surface area (Å²) in [5.74, 6) is -0.551. The Morgan fingerprint density at radius 1 is 1.28 bits per heavy atom. The minimum absolute atomic E-state index is 0.0610. The number of non-ortho nitro benzene ring substituents is 1. The van der Waals surface area contributed by atoms with Crippen LogP contribution < -0.4 is 4.80 Å². The largest absolute Gasteiger partial charge is 0.312 e. The van der Waals surface area contributed by atoms with Crippen molar-refractivity contribution < 1.29 is 18.1 Å². The van der Waals surface area contributed by atoms with Crippen LogP contribution in [0.2, 0.25) is 0 Å². The van der Waals surface area contributed by atoms with E-state index in [1.54, 1.807) is 30.6 Å². The highest BCUT2D eigenvalue weighted by Gasteiger charge is 2.23. The lowest BCUT2D eigenvalue weighted by atomic mass is 10.2. The number of aromatic nitrogens is 1. The van der Waals surface area contributed by atoms with Crippen LogP contribution in [0.25, 0.3) is 10.2 Å². The van der Waals surface area contributed by atoms with Crippen molar-refractivity contribution in [1.29, 1.82) is 0 Å². The molecule has 1 heterocycles. The molecule has 0 aliphatic rings. The van der Waals surface area contributed by atoms with Gasteiger partial charge in [0.05, 0.1) is 20.0 Å². The molecule has 0 bridgehead atoms. The smallest absolute Gasteiger partial charge is 0.279 e. The van der Waals surface area contributed by atoms with Gasteiger partial charge < -0.3 is 4.57 Å². The van der Waals surface area contributed by atoms with Gasteiger partial charge in [-0.15, -0.1) is 6.58 Å². The van der Waals surface area contributed by atoms with Crippen LogP contribution in [0.15, 0.2) is 65.0 Å². The molecule has 0 aliphatic heterocycles. The predicted octanol–water partition coefficient (Wildman–Crippen LogP) is 3.57. The SMILES string of the molecule is C=CCn1c(=NC(=O)c2ccc(S(=O)(=O)N(C)C(C)C)cc2)sc2ccc([N+](=O)[O-])cc21. The van der Waals surface area contributed by atoms with Gasteiger partial charge in [-0.25, -0.2) is 8.42 Å². The first-order valence-corrected chi connectivity index (χ1v) is 11.9. The maximum Gasteiger partial charge on any atom is 0.279 e. The molecule has 0 saturated carbocycles. The average Bonchev–Trinajstić information content (AvgIpc) is 3.09. The number of fused-ring (bicyclic) bond motifs is 1. The number of amides is 1. The molecule has 0 fully saturated rings. The fraction of sp³-hybridized carbons (Fsp3) is 0.238. The predicted molar refractivity (Wildman–Crippen MR) is 123 cm³/mol. The zero-order valence-corrected chi connectivity index (χ0v) is 19.4. The molecular formula is C21H22N4O5S2. The van der Waals surface area contributed by atoms with Crippen molar-refractivity contribution in [2.24, 2.45) is 4.99 Å².